The summed E-state index contributed by atoms with van der Waals surface area (Å²) in [7, 11) is 0. The zero-order chi connectivity index (χ0) is 11.4. The third kappa shape index (κ3) is 3.66. The van der Waals surface area contributed by atoms with Crippen LogP contribution in [0.25, 0.3) is 0 Å². The average molecular weight is 200 g/mol. The van der Waals surface area contributed by atoms with E-state index >= 15 is 0 Å². The van der Waals surface area contributed by atoms with Crippen molar-refractivity contribution < 1.29 is 4.79 Å². The number of hydrogen-bond acceptors (Lipinski definition) is 2. The molecule has 0 heterocycles. The number of carbonyl (C=O) groups excluding carboxylic acids is 1. The first-order chi connectivity index (χ1) is 6.34. The van der Waals surface area contributed by atoms with Crippen LogP contribution in [0.3, 0.4) is 0 Å². The monoisotopic (exact) mass is 200 g/mol. The molecule has 1 atom stereocenters. The third-order valence-electron chi connectivity index (χ3n) is 2.39. The van der Waals surface area contributed by atoms with Crippen LogP contribution in [-0.2, 0) is 4.79 Å². The Morgan fingerprint density at radius 2 is 1.86 bits per heavy atom. The van der Waals surface area contributed by atoms with Crippen molar-refractivity contribution in [2.45, 2.75) is 47.1 Å². The van der Waals surface area contributed by atoms with Gasteiger partial charge in [-0.15, -0.1) is 0 Å². The molecule has 0 aliphatic heterocycles. The summed E-state index contributed by atoms with van der Waals surface area (Å²) in [4.78, 5) is 13.7. The van der Waals surface area contributed by atoms with Crippen molar-refractivity contribution >= 4 is 5.91 Å². The van der Waals surface area contributed by atoms with Crippen LogP contribution < -0.4 is 5.73 Å². The molecule has 0 aromatic heterocycles. The van der Waals surface area contributed by atoms with Gasteiger partial charge in [0.05, 0.1) is 6.04 Å². The highest BCUT2D eigenvalue weighted by Crippen LogP contribution is 2.19. The maximum absolute atomic E-state index is 11.9. The normalized spacial score (nSPS) is 13.9. The molecule has 0 fully saturated rings. The summed E-state index contributed by atoms with van der Waals surface area (Å²) in [6.07, 6.45) is 0.983. The van der Waals surface area contributed by atoms with Gasteiger partial charge in [-0.05, 0) is 18.8 Å². The van der Waals surface area contributed by atoms with Gasteiger partial charge in [-0.2, -0.15) is 0 Å². The summed E-state index contributed by atoms with van der Waals surface area (Å²) in [5.74, 6) is 0.0712. The molecule has 0 aliphatic carbocycles. The largest absolute Gasteiger partial charge is 0.342 e. The molecular weight excluding hydrogens is 176 g/mol. The number of nitrogens with zero attached hydrogens (tertiary/aromatic N) is 1. The molecule has 14 heavy (non-hydrogen) atoms. The second-order valence-corrected chi connectivity index (χ2v) is 4.76. The van der Waals surface area contributed by atoms with E-state index in [9.17, 15) is 4.79 Å². The first-order valence-corrected chi connectivity index (χ1v) is 5.39. The van der Waals surface area contributed by atoms with Gasteiger partial charge in [0.15, 0.2) is 0 Å². The third-order valence-corrected chi connectivity index (χ3v) is 2.39. The van der Waals surface area contributed by atoms with Gasteiger partial charge in [0.2, 0.25) is 5.91 Å². The molecule has 0 saturated carbocycles. The highest BCUT2D eigenvalue weighted by Gasteiger charge is 2.29. The van der Waals surface area contributed by atoms with Crippen molar-refractivity contribution in [1.82, 2.24) is 4.90 Å². The maximum atomic E-state index is 11.9. The Bertz CT molecular complexity index is 184. The van der Waals surface area contributed by atoms with E-state index in [1.54, 1.807) is 0 Å². The van der Waals surface area contributed by atoms with Crippen molar-refractivity contribution in [3.8, 4) is 0 Å². The van der Waals surface area contributed by atoms with E-state index in [4.69, 9.17) is 5.73 Å². The number of carbonyl (C=O) groups is 1. The van der Waals surface area contributed by atoms with E-state index in [-0.39, 0.29) is 11.3 Å². The van der Waals surface area contributed by atoms with Crippen molar-refractivity contribution in [2.24, 2.45) is 11.1 Å². The van der Waals surface area contributed by atoms with E-state index in [1.165, 1.54) is 0 Å². The second kappa shape index (κ2) is 5.35. The van der Waals surface area contributed by atoms with Crippen LogP contribution in [-0.4, -0.2) is 29.9 Å². The van der Waals surface area contributed by atoms with Gasteiger partial charge in [-0.1, -0.05) is 27.7 Å². The van der Waals surface area contributed by atoms with Crippen LogP contribution in [0.1, 0.15) is 41.0 Å². The quantitative estimate of drug-likeness (QED) is 0.749. The molecule has 84 valence electrons. The molecule has 0 rings (SSSR count). The lowest BCUT2D eigenvalue weighted by molar-refractivity contribution is -0.134. The Kier molecular flexibility index (Phi) is 5.13. The molecule has 0 aromatic carbocycles. The molecule has 3 heteroatoms. The second-order valence-electron chi connectivity index (χ2n) is 4.76. The van der Waals surface area contributed by atoms with Crippen molar-refractivity contribution in [1.29, 1.82) is 0 Å². The average Bonchev–Trinajstić information content (AvgIpc) is 2.10. The summed E-state index contributed by atoms with van der Waals surface area (Å²) >= 11 is 0. The molecule has 0 unspecified atom stereocenters. The molecule has 0 spiro atoms. The van der Waals surface area contributed by atoms with Gasteiger partial charge >= 0.3 is 0 Å². The predicted molar refractivity (Wildman–Crippen MR) is 60.0 cm³/mol. The molecule has 0 bridgehead atoms. The standard InChI is InChI=1S/C11H24N2O/c1-6-8-13(7-2)10(14)9(12)11(3,4)5/h9H,6-8,12H2,1-5H3/t9-/m0/s1. The van der Waals surface area contributed by atoms with Gasteiger partial charge < -0.3 is 10.6 Å². The Morgan fingerprint density at radius 3 is 2.14 bits per heavy atom. The van der Waals surface area contributed by atoms with Gasteiger partial charge in [-0.25, -0.2) is 0 Å². The maximum Gasteiger partial charge on any atom is 0.240 e. The minimum absolute atomic E-state index is 0.0712. The Morgan fingerprint density at radius 1 is 1.36 bits per heavy atom. The molecular formula is C11H24N2O. The molecule has 0 radical (unpaired) electrons. The first kappa shape index (κ1) is 13.4. The Balaban J connectivity index is 4.42. The number of amides is 1. The molecule has 1 amide bonds. The lowest BCUT2D eigenvalue weighted by Gasteiger charge is -2.31. The zero-order valence-corrected chi connectivity index (χ0v) is 10.1. The summed E-state index contributed by atoms with van der Waals surface area (Å²) in [5, 5.41) is 0. The van der Waals surface area contributed by atoms with E-state index in [2.05, 4.69) is 6.92 Å². The van der Waals surface area contributed by atoms with Crippen LogP contribution >= 0.6 is 0 Å². The number of rotatable bonds is 4. The van der Waals surface area contributed by atoms with E-state index < -0.39 is 6.04 Å². The fourth-order valence-corrected chi connectivity index (χ4v) is 1.26. The van der Waals surface area contributed by atoms with Crippen LogP contribution in [0.15, 0.2) is 0 Å². The van der Waals surface area contributed by atoms with E-state index in [0.717, 1.165) is 19.5 Å². The van der Waals surface area contributed by atoms with Gasteiger partial charge in [0.25, 0.3) is 0 Å². The van der Waals surface area contributed by atoms with Crippen LogP contribution in [0.4, 0.5) is 0 Å². The highest BCUT2D eigenvalue weighted by molar-refractivity contribution is 5.82. The van der Waals surface area contributed by atoms with Crippen LogP contribution in [0, 0.1) is 5.41 Å². The molecule has 3 nitrogen and oxygen atoms in total. The smallest absolute Gasteiger partial charge is 0.240 e. The van der Waals surface area contributed by atoms with Crippen LogP contribution in [0.2, 0.25) is 0 Å². The lowest BCUT2D eigenvalue weighted by atomic mass is 9.86. The number of hydrogen-bond donors (Lipinski definition) is 1. The topological polar surface area (TPSA) is 46.3 Å². The summed E-state index contributed by atoms with van der Waals surface area (Å²) in [6, 6.07) is -0.394. The van der Waals surface area contributed by atoms with Gasteiger partial charge in [0.1, 0.15) is 0 Å². The van der Waals surface area contributed by atoms with E-state index in [0.29, 0.717) is 0 Å². The first-order valence-electron chi connectivity index (χ1n) is 5.39. The highest BCUT2D eigenvalue weighted by atomic mass is 16.2. The minimum Gasteiger partial charge on any atom is -0.342 e. The van der Waals surface area contributed by atoms with Gasteiger partial charge in [-0.3, -0.25) is 4.79 Å². The summed E-state index contributed by atoms with van der Waals surface area (Å²) < 4.78 is 0. The SMILES string of the molecule is CCCN(CC)C(=O)[C@H](N)C(C)(C)C. The minimum atomic E-state index is -0.394. The molecule has 0 aliphatic rings. The van der Waals surface area contributed by atoms with E-state index in [1.807, 2.05) is 32.6 Å². The molecule has 2 N–H and O–H groups in total. The zero-order valence-electron chi connectivity index (χ0n) is 10.1. The van der Waals surface area contributed by atoms with Crippen molar-refractivity contribution in [3.63, 3.8) is 0 Å². The number of likely N-dealkylation sites (N-methyl/N-ethyl adjacent to an activating group) is 1. The summed E-state index contributed by atoms with van der Waals surface area (Å²) in [5.41, 5.74) is 5.76. The van der Waals surface area contributed by atoms with Crippen molar-refractivity contribution in [3.05, 3.63) is 0 Å². The van der Waals surface area contributed by atoms with Crippen molar-refractivity contribution in [2.75, 3.05) is 13.1 Å². The lowest BCUT2D eigenvalue weighted by Crippen LogP contribution is -2.50. The molecule has 0 aromatic rings. The Hall–Kier alpha value is -0.570. The summed E-state index contributed by atoms with van der Waals surface area (Å²) in [6.45, 7) is 11.6. The molecule has 0 saturated heterocycles. The fourth-order valence-electron chi connectivity index (χ4n) is 1.26. The fraction of sp³-hybridized carbons (Fsp3) is 0.909. The predicted octanol–water partition coefficient (Wildman–Crippen LogP) is 1.62. The number of nitrogens with two attached hydrogens (primary N) is 1. The Labute approximate surface area is 87.6 Å². The van der Waals surface area contributed by atoms with Crippen LogP contribution in [0.5, 0.6) is 0 Å². The van der Waals surface area contributed by atoms with Gasteiger partial charge in [0, 0.05) is 13.1 Å².